The molecule has 2 aliphatic rings. The molecule has 0 amide bonds. The molecule has 6 nitrogen and oxygen atoms in total. The first-order valence-electron chi connectivity index (χ1n) is 9.53. The zero-order chi connectivity index (χ0) is 17.9. The number of benzene rings is 1. The van der Waals surface area contributed by atoms with Crippen molar-refractivity contribution in [1.82, 2.24) is 14.9 Å². The summed E-state index contributed by atoms with van der Waals surface area (Å²) >= 11 is 0. The number of hydrogen-bond donors (Lipinski definition) is 2. The Morgan fingerprint density at radius 3 is 2.62 bits per heavy atom. The van der Waals surface area contributed by atoms with Gasteiger partial charge in [0, 0.05) is 30.3 Å². The van der Waals surface area contributed by atoms with E-state index in [0.29, 0.717) is 18.4 Å². The Morgan fingerprint density at radius 1 is 1.12 bits per heavy atom. The van der Waals surface area contributed by atoms with Crippen LogP contribution >= 0.6 is 0 Å². The maximum atomic E-state index is 9.16. The lowest BCUT2D eigenvalue weighted by Gasteiger charge is -2.30. The van der Waals surface area contributed by atoms with E-state index in [4.69, 9.17) is 15.1 Å². The molecular weight excluding hydrogens is 326 g/mol. The normalized spacial score (nSPS) is 18.2. The molecule has 0 bridgehead atoms. The highest BCUT2D eigenvalue weighted by Gasteiger charge is 2.31. The van der Waals surface area contributed by atoms with Crippen molar-refractivity contribution >= 4 is 17.5 Å². The van der Waals surface area contributed by atoms with Gasteiger partial charge in [-0.3, -0.25) is 0 Å². The summed E-state index contributed by atoms with van der Waals surface area (Å²) in [5.41, 5.74) is 3.69. The molecule has 0 aliphatic carbocycles. The fourth-order valence-corrected chi connectivity index (χ4v) is 4.01. The summed E-state index contributed by atoms with van der Waals surface area (Å²) in [6.45, 7) is 3.72. The first-order chi connectivity index (χ1) is 12.8. The molecule has 0 radical (unpaired) electrons. The lowest BCUT2D eigenvalue weighted by Crippen LogP contribution is -2.30. The highest BCUT2D eigenvalue weighted by atomic mass is 16.3. The highest BCUT2D eigenvalue weighted by molar-refractivity contribution is 5.68. The third-order valence-electron chi connectivity index (χ3n) is 5.43. The average Bonchev–Trinajstić information content (AvgIpc) is 3.11. The molecule has 6 heteroatoms. The molecule has 2 N–H and O–H groups in total. The second kappa shape index (κ2) is 7.60. The SMILES string of the molecule is CN1CCC(c2nc(NCCO)nc3c2CCN3c2ccccc2)CC1. The van der Waals surface area contributed by atoms with Crippen LogP contribution in [0.25, 0.3) is 0 Å². The molecule has 2 aromatic rings. The van der Waals surface area contributed by atoms with Crippen molar-refractivity contribution in [2.75, 3.05) is 50.1 Å². The second-order valence-corrected chi connectivity index (χ2v) is 7.20. The van der Waals surface area contributed by atoms with Crippen LogP contribution in [-0.4, -0.2) is 59.8 Å². The number of nitrogens with zero attached hydrogens (tertiary/aromatic N) is 4. The maximum absolute atomic E-state index is 9.16. The van der Waals surface area contributed by atoms with Crippen molar-refractivity contribution in [3.05, 3.63) is 41.6 Å². The van der Waals surface area contributed by atoms with Gasteiger partial charge in [0.1, 0.15) is 5.82 Å². The van der Waals surface area contributed by atoms with E-state index in [0.717, 1.165) is 44.7 Å². The van der Waals surface area contributed by atoms with Crippen molar-refractivity contribution in [2.24, 2.45) is 0 Å². The van der Waals surface area contributed by atoms with Crippen LogP contribution in [0.3, 0.4) is 0 Å². The number of rotatable bonds is 5. The molecule has 1 saturated heterocycles. The predicted octanol–water partition coefficient (Wildman–Crippen LogP) is 2.38. The Kier molecular flexibility index (Phi) is 5.04. The Labute approximate surface area is 154 Å². The molecule has 26 heavy (non-hydrogen) atoms. The van der Waals surface area contributed by atoms with Crippen LogP contribution in [-0.2, 0) is 6.42 Å². The minimum absolute atomic E-state index is 0.0758. The number of aliphatic hydroxyl groups excluding tert-OH is 1. The summed E-state index contributed by atoms with van der Waals surface area (Å²) in [5.74, 6) is 2.16. The molecule has 0 saturated carbocycles. The van der Waals surface area contributed by atoms with E-state index >= 15 is 0 Å². The van der Waals surface area contributed by atoms with Gasteiger partial charge in [-0.25, -0.2) is 4.98 Å². The number of likely N-dealkylation sites (tertiary alicyclic amines) is 1. The molecule has 138 valence electrons. The van der Waals surface area contributed by atoms with Gasteiger partial charge in [-0.1, -0.05) is 18.2 Å². The van der Waals surface area contributed by atoms with E-state index in [-0.39, 0.29) is 6.61 Å². The Hall–Kier alpha value is -2.18. The lowest BCUT2D eigenvalue weighted by atomic mass is 9.90. The minimum atomic E-state index is 0.0758. The Bertz CT molecular complexity index is 743. The van der Waals surface area contributed by atoms with Gasteiger partial charge in [-0.05, 0) is 51.5 Å². The molecular formula is C20H27N5O. The number of fused-ring (bicyclic) bond motifs is 1. The zero-order valence-electron chi connectivity index (χ0n) is 15.4. The maximum Gasteiger partial charge on any atom is 0.224 e. The second-order valence-electron chi connectivity index (χ2n) is 7.20. The molecule has 1 aromatic heterocycles. The van der Waals surface area contributed by atoms with Gasteiger partial charge in [-0.15, -0.1) is 0 Å². The first kappa shape index (κ1) is 17.2. The van der Waals surface area contributed by atoms with Gasteiger partial charge in [-0.2, -0.15) is 4.98 Å². The number of anilines is 3. The van der Waals surface area contributed by atoms with Crippen LogP contribution in [0.2, 0.25) is 0 Å². The summed E-state index contributed by atoms with van der Waals surface area (Å²) in [6, 6.07) is 10.4. The molecule has 3 heterocycles. The summed E-state index contributed by atoms with van der Waals surface area (Å²) in [7, 11) is 2.19. The number of aliphatic hydroxyl groups is 1. The number of nitrogens with one attached hydrogen (secondary N) is 1. The molecule has 2 aliphatic heterocycles. The Balaban J connectivity index is 1.71. The predicted molar refractivity (Wildman–Crippen MR) is 104 cm³/mol. The van der Waals surface area contributed by atoms with Gasteiger partial charge in [0.25, 0.3) is 0 Å². The molecule has 1 aromatic carbocycles. The monoisotopic (exact) mass is 353 g/mol. The van der Waals surface area contributed by atoms with Gasteiger partial charge >= 0.3 is 0 Å². The van der Waals surface area contributed by atoms with E-state index in [1.54, 1.807) is 0 Å². The zero-order valence-corrected chi connectivity index (χ0v) is 15.4. The summed E-state index contributed by atoms with van der Waals surface area (Å²) in [5, 5.41) is 12.3. The number of para-hydroxylation sites is 1. The summed E-state index contributed by atoms with van der Waals surface area (Å²) in [6.07, 6.45) is 3.28. The fraction of sp³-hybridized carbons (Fsp3) is 0.500. The molecule has 0 spiro atoms. The number of piperidine rings is 1. The minimum Gasteiger partial charge on any atom is -0.395 e. The first-order valence-corrected chi connectivity index (χ1v) is 9.53. The van der Waals surface area contributed by atoms with Crippen LogP contribution in [0.5, 0.6) is 0 Å². The summed E-state index contributed by atoms with van der Waals surface area (Å²) in [4.78, 5) is 14.4. The van der Waals surface area contributed by atoms with Crippen molar-refractivity contribution in [2.45, 2.75) is 25.2 Å². The third kappa shape index (κ3) is 3.39. The third-order valence-corrected chi connectivity index (χ3v) is 5.43. The fourth-order valence-electron chi connectivity index (χ4n) is 4.01. The molecule has 4 rings (SSSR count). The van der Waals surface area contributed by atoms with Crippen LogP contribution in [0.15, 0.2) is 30.3 Å². The topological polar surface area (TPSA) is 64.5 Å². The van der Waals surface area contributed by atoms with Crippen LogP contribution in [0.1, 0.15) is 30.0 Å². The van der Waals surface area contributed by atoms with Gasteiger partial charge in [0.05, 0.1) is 12.3 Å². The molecule has 0 unspecified atom stereocenters. The van der Waals surface area contributed by atoms with E-state index < -0.39 is 0 Å². The van der Waals surface area contributed by atoms with Crippen molar-refractivity contribution in [3.63, 3.8) is 0 Å². The van der Waals surface area contributed by atoms with Gasteiger partial charge < -0.3 is 20.2 Å². The van der Waals surface area contributed by atoms with Crippen molar-refractivity contribution < 1.29 is 5.11 Å². The Morgan fingerprint density at radius 2 is 1.88 bits per heavy atom. The van der Waals surface area contributed by atoms with Crippen LogP contribution in [0, 0.1) is 0 Å². The van der Waals surface area contributed by atoms with Crippen molar-refractivity contribution in [3.8, 4) is 0 Å². The van der Waals surface area contributed by atoms with Crippen LogP contribution in [0.4, 0.5) is 17.5 Å². The van der Waals surface area contributed by atoms with E-state index in [1.807, 2.05) is 6.07 Å². The largest absolute Gasteiger partial charge is 0.395 e. The van der Waals surface area contributed by atoms with Crippen molar-refractivity contribution in [1.29, 1.82) is 0 Å². The van der Waals surface area contributed by atoms with Gasteiger partial charge in [0.15, 0.2) is 0 Å². The smallest absolute Gasteiger partial charge is 0.224 e. The highest BCUT2D eigenvalue weighted by Crippen LogP contribution is 2.39. The molecule has 0 atom stereocenters. The van der Waals surface area contributed by atoms with E-state index in [9.17, 15) is 0 Å². The standard InChI is InChI=1S/C20H27N5O/c1-24-11-7-15(8-12-24)18-17-9-13-25(16-5-3-2-4-6-16)19(17)23-20(22-18)21-10-14-26/h2-6,15,26H,7-14H2,1H3,(H,21,22,23). The summed E-state index contributed by atoms with van der Waals surface area (Å²) < 4.78 is 0. The number of aromatic nitrogens is 2. The van der Waals surface area contributed by atoms with E-state index in [1.165, 1.54) is 16.9 Å². The molecule has 1 fully saturated rings. The number of hydrogen-bond acceptors (Lipinski definition) is 6. The van der Waals surface area contributed by atoms with E-state index in [2.05, 4.69) is 46.4 Å². The lowest BCUT2D eigenvalue weighted by molar-refractivity contribution is 0.253. The quantitative estimate of drug-likeness (QED) is 0.860. The van der Waals surface area contributed by atoms with Crippen LogP contribution < -0.4 is 10.2 Å². The average molecular weight is 353 g/mol. The van der Waals surface area contributed by atoms with Gasteiger partial charge in [0.2, 0.25) is 5.95 Å².